The molecule has 3 nitrogen and oxygen atoms in total. The molecular formula is C8H5F3N2OS. The van der Waals surface area contributed by atoms with Crippen LogP contribution in [0.25, 0.3) is 5.65 Å². The highest BCUT2D eigenvalue weighted by Crippen LogP contribution is 2.29. The molecule has 0 radical (unpaired) electrons. The van der Waals surface area contributed by atoms with Crippen LogP contribution >= 0.6 is 11.5 Å². The summed E-state index contributed by atoms with van der Waals surface area (Å²) in [5, 5.41) is 1.52. The van der Waals surface area contributed by atoms with Gasteiger partial charge in [0, 0.05) is 10.9 Å². The fourth-order valence-corrected chi connectivity index (χ4v) is 1.98. The van der Waals surface area contributed by atoms with E-state index in [2.05, 4.69) is 4.98 Å². The van der Waals surface area contributed by atoms with E-state index in [0.717, 1.165) is 22.2 Å². The Balaban J connectivity index is 2.88. The Labute approximate surface area is 85.9 Å². The predicted molar refractivity (Wildman–Crippen MR) is 49.1 cm³/mol. The zero-order valence-electron chi connectivity index (χ0n) is 7.50. The van der Waals surface area contributed by atoms with E-state index in [-0.39, 0.29) is 11.2 Å². The van der Waals surface area contributed by atoms with Gasteiger partial charge < -0.3 is 0 Å². The van der Waals surface area contributed by atoms with Crippen LogP contribution in [0.4, 0.5) is 13.2 Å². The molecule has 0 N–H and O–H groups in total. The van der Waals surface area contributed by atoms with Gasteiger partial charge in [0.25, 0.3) is 5.56 Å². The lowest BCUT2D eigenvalue weighted by Crippen LogP contribution is -2.22. The van der Waals surface area contributed by atoms with Crippen molar-refractivity contribution < 1.29 is 13.2 Å². The summed E-state index contributed by atoms with van der Waals surface area (Å²) in [5.41, 5.74) is -2.11. The first-order chi connectivity index (χ1) is 6.91. The average Bonchev–Trinajstić information content (AvgIpc) is 2.57. The van der Waals surface area contributed by atoms with E-state index < -0.39 is 17.4 Å². The second-order valence-electron chi connectivity index (χ2n) is 2.95. The summed E-state index contributed by atoms with van der Waals surface area (Å²) >= 11 is 1.02. The average molecular weight is 234 g/mol. The lowest BCUT2D eigenvalue weighted by molar-refractivity contribution is -0.141. The van der Waals surface area contributed by atoms with Crippen LogP contribution in [0.15, 0.2) is 16.2 Å². The summed E-state index contributed by atoms with van der Waals surface area (Å²) in [6.45, 7) is 1.13. The number of alkyl halides is 3. The van der Waals surface area contributed by atoms with Crippen LogP contribution in [0.5, 0.6) is 0 Å². The molecule has 15 heavy (non-hydrogen) atoms. The number of nitrogens with zero attached hydrogens (tertiary/aromatic N) is 2. The standard InChI is InChI=1S/C8H5F3N2OS/c1-4-6(8(9,10)11)12-5-2-3-15-13(5)7(4)14/h2-3H,1H3. The lowest BCUT2D eigenvalue weighted by atomic mass is 10.2. The number of hydrogen-bond acceptors (Lipinski definition) is 3. The number of rotatable bonds is 0. The summed E-state index contributed by atoms with van der Waals surface area (Å²) in [5.74, 6) is 0. The van der Waals surface area contributed by atoms with Crippen LogP contribution in [-0.2, 0) is 6.18 Å². The van der Waals surface area contributed by atoms with Crippen molar-refractivity contribution in [1.29, 1.82) is 0 Å². The van der Waals surface area contributed by atoms with Gasteiger partial charge in [0.1, 0.15) is 0 Å². The molecule has 2 aromatic heterocycles. The fourth-order valence-electron chi connectivity index (χ4n) is 1.24. The zero-order chi connectivity index (χ0) is 11.2. The fraction of sp³-hybridized carbons (Fsp3) is 0.250. The van der Waals surface area contributed by atoms with Gasteiger partial charge in [-0.25, -0.2) is 8.77 Å². The van der Waals surface area contributed by atoms with Gasteiger partial charge in [0.05, 0.1) is 0 Å². The number of fused-ring (bicyclic) bond motifs is 1. The van der Waals surface area contributed by atoms with Crippen molar-refractivity contribution in [2.45, 2.75) is 13.1 Å². The molecule has 2 heterocycles. The first-order valence-corrected chi connectivity index (χ1v) is 4.79. The maximum Gasteiger partial charge on any atom is 0.433 e. The van der Waals surface area contributed by atoms with Crippen molar-refractivity contribution in [2.24, 2.45) is 0 Å². The maximum absolute atomic E-state index is 12.5. The van der Waals surface area contributed by atoms with Crippen LogP contribution in [0.1, 0.15) is 11.3 Å². The van der Waals surface area contributed by atoms with Crippen molar-refractivity contribution in [1.82, 2.24) is 8.77 Å². The van der Waals surface area contributed by atoms with E-state index in [9.17, 15) is 18.0 Å². The Morgan fingerprint density at radius 2 is 2.13 bits per heavy atom. The molecule has 0 saturated carbocycles. The zero-order valence-corrected chi connectivity index (χ0v) is 8.32. The molecule has 0 atom stereocenters. The summed E-state index contributed by atoms with van der Waals surface area (Å²) in [6.07, 6.45) is -4.58. The van der Waals surface area contributed by atoms with Gasteiger partial charge in [0.2, 0.25) is 0 Å². The van der Waals surface area contributed by atoms with Gasteiger partial charge in [-0.2, -0.15) is 13.2 Å². The molecule has 0 unspecified atom stereocenters. The summed E-state index contributed by atoms with van der Waals surface area (Å²) in [4.78, 5) is 14.9. The molecule has 0 aliphatic carbocycles. The van der Waals surface area contributed by atoms with Crippen LogP contribution in [0.2, 0.25) is 0 Å². The third-order valence-corrected chi connectivity index (χ3v) is 2.77. The minimum atomic E-state index is -4.58. The Morgan fingerprint density at radius 1 is 1.47 bits per heavy atom. The van der Waals surface area contributed by atoms with Crippen LogP contribution in [0, 0.1) is 6.92 Å². The minimum absolute atomic E-state index is 0.0305. The molecule has 2 aromatic rings. The second-order valence-corrected chi connectivity index (χ2v) is 3.80. The summed E-state index contributed by atoms with van der Waals surface area (Å²) in [6, 6.07) is 1.38. The topological polar surface area (TPSA) is 34.4 Å². The van der Waals surface area contributed by atoms with Gasteiger partial charge in [-0.15, -0.1) is 0 Å². The third kappa shape index (κ3) is 1.52. The quantitative estimate of drug-likeness (QED) is 0.699. The highest BCUT2D eigenvalue weighted by molar-refractivity contribution is 7.04. The van der Waals surface area contributed by atoms with Crippen LogP contribution < -0.4 is 5.56 Å². The predicted octanol–water partition coefficient (Wildman–Crippen LogP) is 2.08. The van der Waals surface area contributed by atoms with E-state index in [1.807, 2.05) is 0 Å². The smallest absolute Gasteiger partial charge is 0.268 e. The normalized spacial score (nSPS) is 12.3. The van der Waals surface area contributed by atoms with Crippen molar-refractivity contribution in [2.75, 3.05) is 0 Å². The summed E-state index contributed by atoms with van der Waals surface area (Å²) in [7, 11) is 0. The maximum atomic E-state index is 12.5. The highest BCUT2D eigenvalue weighted by atomic mass is 32.1. The van der Waals surface area contributed by atoms with Gasteiger partial charge in [-0.3, -0.25) is 4.79 Å². The van der Waals surface area contributed by atoms with Gasteiger partial charge >= 0.3 is 6.18 Å². The Kier molecular flexibility index (Phi) is 2.07. The largest absolute Gasteiger partial charge is 0.433 e. The molecule has 0 fully saturated rings. The highest BCUT2D eigenvalue weighted by Gasteiger charge is 2.36. The molecule has 0 aromatic carbocycles. The molecule has 0 amide bonds. The van der Waals surface area contributed by atoms with Crippen molar-refractivity contribution >= 4 is 17.2 Å². The first-order valence-electron chi connectivity index (χ1n) is 3.96. The Hall–Kier alpha value is -1.37. The Morgan fingerprint density at radius 3 is 2.73 bits per heavy atom. The van der Waals surface area contributed by atoms with E-state index in [4.69, 9.17) is 0 Å². The van der Waals surface area contributed by atoms with Crippen molar-refractivity contribution in [3.05, 3.63) is 33.1 Å². The minimum Gasteiger partial charge on any atom is -0.268 e. The molecule has 0 bridgehead atoms. The molecule has 0 spiro atoms. The van der Waals surface area contributed by atoms with Crippen molar-refractivity contribution in [3.63, 3.8) is 0 Å². The van der Waals surface area contributed by atoms with E-state index in [0.29, 0.717) is 0 Å². The van der Waals surface area contributed by atoms with Gasteiger partial charge in [-0.05, 0) is 13.0 Å². The molecule has 80 valence electrons. The van der Waals surface area contributed by atoms with Crippen LogP contribution in [-0.4, -0.2) is 8.77 Å². The first kappa shape index (κ1) is 10.2. The Bertz CT molecular complexity index is 569. The SMILES string of the molecule is Cc1c(C(F)(F)F)nc2ccsn2c1=O. The number of aromatic nitrogens is 2. The molecule has 0 aliphatic heterocycles. The molecule has 2 rings (SSSR count). The second kappa shape index (κ2) is 3.06. The van der Waals surface area contributed by atoms with Gasteiger partial charge in [0.15, 0.2) is 11.3 Å². The number of halogens is 3. The van der Waals surface area contributed by atoms with Crippen LogP contribution in [0.3, 0.4) is 0 Å². The molecule has 7 heteroatoms. The van der Waals surface area contributed by atoms with E-state index in [1.54, 1.807) is 0 Å². The molecule has 0 aliphatic rings. The molecule has 0 saturated heterocycles. The van der Waals surface area contributed by atoms with Gasteiger partial charge in [-0.1, -0.05) is 11.5 Å². The monoisotopic (exact) mass is 234 g/mol. The van der Waals surface area contributed by atoms with E-state index in [1.165, 1.54) is 11.4 Å². The van der Waals surface area contributed by atoms with E-state index >= 15 is 0 Å². The lowest BCUT2D eigenvalue weighted by Gasteiger charge is -2.08. The molecular weight excluding hydrogens is 229 g/mol. The van der Waals surface area contributed by atoms with Crippen molar-refractivity contribution in [3.8, 4) is 0 Å². The number of hydrogen-bond donors (Lipinski definition) is 0. The third-order valence-electron chi connectivity index (χ3n) is 1.95. The summed E-state index contributed by atoms with van der Waals surface area (Å²) < 4.78 is 38.5.